The Morgan fingerprint density at radius 2 is 1.73 bits per heavy atom. The van der Waals surface area contributed by atoms with Crippen LogP contribution in [0.2, 0.25) is 0 Å². The van der Waals surface area contributed by atoms with Crippen molar-refractivity contribution in [1.29, 1.82) is 0 Å². The van der Waals surface area contributed by atoms with Gasteiger partial charge in [-0.15, -0.1) is 0 Å². The van der Waals surface area contributed by atoms with Crippen LogP contribution in [-0.4, -0.2) is 49.7 Å². The summed E-state index contributed by atoms with van der Waals surface area (Å²) in [6.45, 7) is 2.38. The minimum atomic E-state index is -0.121. The quantitative estimate of drug-likeness (QED) is 0.743. The van der Waals surface area contributed by atoms with Gasteiger partial charge in [-0.25, -0.2) is 9.59 Å². The highest BCUT2D eigenvalue weighted by atomic mass is 16.2. The number of likely N-dealkylation sites (tertiary alicyclic amines) is 1. The number of hydrogen-bond donors (Lipinski definition) is 3. The molecule has 6 nitrogen and oxygen atoms in total. The molecule has 0 radical (unpaired) electrons. The van der Waals surface area contributed by atoms with Gasteiger partial charge in [0.1, 0.15) is 0 Å². The first-order valence-electron chi connectivity index (χ1n) is 8.70. The lowest BCUT2D eigenvalue weighted by atomic mass is 9.93. The Labute approximate surface area is 133 Å². The highest BCUT2D eigenvalue weighted by molar-refractivity contribution is 5.74. The van der Waals surface area contributed by atoms with E-state index >= 15 is 0 Å². The van der Waals surface area contributed by atoms with Gasteiger partial charge in [-0.3, -0.25) is 0 Å². The van der Waals surface area contributed by atoms with Crippen LogP contribution in [0.4, 0.5) is 9.59 Å². The van der Waals surface area contributed by atoms with Gasteiger partial charge in [0.15, 0.2) is 0 Å². The van der Waals surface area contributed by atoms with Gasteiger partial charge in [0.25, 0.3) is 0 Å². The molecule has 1 aliphatic heterocycles. The number of nitrogens with one attached hydrogen (secondary N) is 3. The molecule has 0 aromatic heterocycles. The third-order valence-electron chi connectivity index (χ3n) is 4.90. The topological polar surface area (TPSA) is 73.5 Å². The van der Waals surface area contributed by atoms with E-state index in [1.54, 1.807) is 7.05 Å². The molecule has 1 saturated heterocycles. The van der Waals surface area contributed by atoms with Crippen LogP contribution in [0.3, 0.4) is 0 Å². The van der Waals surface area contributed by atoms with Crippen molar-refractivity contribution in [3.8, 4) is 0 Å². The molecule has 22 heavy (non-hydrogen) atoms. The molecule has 6 heteroatoms. The first-order valence-corrected chi connectivity index (χ1v) is 8.70. The maximum Gasteiger partial charge on any atom is 0.317 e. The molecule has 126 valence electrons. The summed E-state index contributed by atoms with van der Waals surface area (Å²) in [5.74, 6) is 0.607. The summed E-state index contributed by atoms with van der Waals surface area (Å²) in [6, 6.07) is 0.383. The maximum absolute atomic E-state index is 12.3. The van der Waals surface area contributed by atoms with Crippen molar-refractivity contribution >= 4 is 12.1 Å². The van der Waals surface area contributed by atoms with Gasteiger partial charge < -0.3 is 20.9 Å². The van der Waals surface area contributed by atoms with E-state index in [4.69, 9.17) is 0 Å². The third kappa shape index (κ3) is 5.39. The van der Waals surface area contributed by atoms with Gasteiger partial charge in [-0.05, 0) is 38.0 Å². The molecule has 0 aromatic carbocycles. The van der Waals surface area contributed by atoms with Crippen LogP contribution in [0.15, 0.2) is 0 Å². The second-order valence-corrected chi connectivity index (χ2v) is 6.51. The van der Waals surface area contributed by atoms with Crippen molar-refractivity contribution in [2.75, 3.05) is 26.7 Å². The predicted molar refractivity (Wildman–Crippen MR) is 86.8 cm³/mol. The Kier molecular flexibility index (Phi) is 6.80. The highest BCUT2D eigenvalue weighted by Crippen LogP contribution is 2.21. The van der Waals surface area contributed by atoms with Crippen LogP contribution in [0.1, 0.15) is 51.4 Å². The van der Waals surface area contributed by atoms with Crippen LogP contribution in [0.5, 0.6) is 0 Å². The lowest BCUT2D eigenvalue weighted by molar-refractivity contribution is 0.162. The Bertz CT molecular complexity index is 361. The molecular formula is C16H30N4O2. The second-order valence-electron chi connectivity index (χ2n) is 6.51. The molecule has 1 aliphatic carbocycles. The number of carbonyl (C=O) groups excluding carboxylic acids is 2. The van der Waals surface area contributed by atoms with Crippen LogP contribution in [0.25, 0.3) is 0 Å². The number of carbonyl (C=O) groups is 2. The molecule has 0 unspecified atom stereocenters. The predicted octanol–water partition coefficient (Wildman–Crippen LogP) is 2.06. The van der Waals surface area contributed by atoms with Crippen LogP contribution < -0.4 is 16.0 Å². The Morgan fingerprint density at radius 3 is 2.36 bits per heavy atom. The molecule has 0 aromatic rings. The van der Waals surface area contributed by atoms with E-state index in [1.807, 2.05) is 4.90 Å². The number of urea groups is 2. The lowest BCUT2D eigenvalue weighted by Crippen LogP contribution is -2.48. The van der Waals surface area contributed by atoms with Crippen molar-refractivity contribution in [3.05, 3.63) is 0 Å². The molecule has 0 spiro atoms. The van der Waals surface area contributed by atoms with E-state index < -0.39 is 0 Å². The number of nitrogens with zero attached hydrogens (tertiary/aromatic N) is 1. The fraction of sp³-hybridized carbons (Fsp3) is 0.875. The summed E-state index contributed by atoms with van der Waals surface area (Å²) < 4.78 is 0. The summed E-state index contributed by atoms with van der Waals surface area (Å²) in [5, 5.41) is 8.57. The van der Waals surface area contributed by atoms with Gasteiger partial charge in [0.2, 0.25) is 0 Å². The maximum atomic E-state index is 12.3. The lowest BCUT2D eigenvalue weighted by Gasteiger charge is -2.34. The molecule has 3 N–H and O–H groups in total. The van der Waals surface area contributed by atoms with Crippen molar-refractivity contribution in [1.82, 2.24) is 20.9 Å². The Hall–Kier alpha value is -1.46. The van der Waals surface area contributed by atoms with Crippen molar-refractivity contribution in [3.63, 3.8) is 0 Å². The number of amides is 4. The fourth-order valence-electron chi connectivity index (χ4n) is 3.42. The molecule has 2 fully saturated rings. The smallest absolute Gasteiger partial charge is 0.317 e. The van der Waals surface area contributed by atoms with E-state index in [-0.39, 0.29) is 12.1 Å². The first kappa shape index (κ1) is 16.9. The zero-order valence-corrected chi connectivity index (χ0v) is 13.7. The number of hydrogen-bond acceptors (Lipinski definition) is 2. The number of rotatable bonds is 4. The molecule has 4 amide bonds. The monoisotopic (exact) mass is 310 g/mol. The minimum Gasteiger partial charge on any atom is -0.341 e. The molecule has 0 atom stereocenters. The minimum absolute atomic E-state index is 0.119. The average Bonchev–Trinajstić information content (AvgIpc) is 2.56. The summed E-state index contributed by atoms with van der Waals surface area (Å²) in [5.41, 5.74) is 0. The summed E-state index contributed by atoms with van der Waals surface area (Å²) in [7, 11) is 1.62. The van der Waals surface area contributed by atoms with E-state index in [1.165, 1.54) is 19.3 Å². The Morgan fingerprint density at radius 1 is 1.05 bits per heavy atom. The van der Waals surface area contributed by atoms with E-state index in [9.17, 15) is 9.59 Å². The fourth-order valence-corrected chi connectivity index (χ4v) is 3.42. The largest absolute Gasteiger partial charge is 0.341 e. The van der Waals surface area contributed by atoms with Gasteiger partial charge in [0, 0.05) is 32.7 Å². The van der Waals surface area contributed by atoms with Gasteiger partial charge in [-0.2, -0.15) is 0 Å². The molecule has 1 heterocycles. The molecule has 2 rings (SSSR count). The van der Waals surface area contributed by atoms with Crippen LogP contribution >= 0.6 is 0 Å². The standard InChI is InChI=1S/C16H30N4O2/c1-17-15(21)18-10-7-13-8-11-20(12-9-13)16(22)19-14-5-3-2-4-6-14/h13-14H,2-12H2,1H3,(H,19,22)(H2,17,18,21). The Balaban J connectivity index is 1.61. The highest BCUT2D eigenvalue weighted by Gasteiger charge is 2.24. The SMILES string of the molecule is CNC(=O)NCCC1CCN(C(=O)NC2CCCCC2)CC1. The zero-order valence-electron chi connectivity index (χ0n) is 13.7. The van der Waals surface area contributed by atoms with Crippen molar-refractivity contribution < 1.29 is 9.59 Å². The number of piperidine rings is 1. The molecular weight excluding hydrogens is 280 g/mol. The summed E-state index contributed by atoms with van der Waals surface area (Å²) in [4.78, 5) is 25.3. The average molecular weight is 310 g/mol. The summed E-state index contributed by atoms with van der Waals surface area (Å²) in [6.07, 6.45) is 9.12. The van der Waals surface area contributed by atoms with E-state index in [0.29, 0.717) is 18.5 Å². The summed E-state index contributed by atoms with van der Waals surface area (Å²) >= 11 is 0. The van der Waals surface area contributed by atoms with E-state index in [2.05, 4.69) is 16.0 Å². The zero-order chi connectivity index (χ0) is 15.8. The van der Waals surface area contributed by atoms with Crippen LogP contribution in [-0.2, 0) is 0 Å². The van der Waals surface area contributed by atoms with Gasteiger partial charge >= 0.3 is 12.1 Å². The first-order chi connectivity index (χ1) is 10.7. The van der Waals surface area contributed by atoms with Crippen molar-refractivity contribution in [2.24, 2.45) is 5.92 Å². The molecule has 2 aliphatic rings. The van der Waals surface area contributed by atoms with Crippen LogP contribution in [0, 0.1) is 5.92 Å². The van der Waals surface area contributed by atoms with E-state index in [0.717, 1.165) is 45.2 Å². The normalized spacial score (nSPS) is 20.5. The molecule has 1 saturated carbocycles. The van der Waals surface area contributed by atoms with Gasteiger partial charge in [-0.1, -0.05) is 19.3 Å². The third-order valence-corrected chi connectivity index (χ3v) is 4.90. The molecule has 0 bridgehead atoms. The second kappa shape index (κ2) is 8.86. The van der Waals surface area contributed by atoms with Crippen molar-refractivity contribution in [2.45, 2.75) is 57.4 Å². The van der Waals surface area contributed by atoms with Gasteiger partial charge in [0.05, 0.1) is 0 Å².